The largest absolute Gasteiger partial charge is 0.495 e. The number of hydrogen-bond donors (Lipinski definition) is 1. The fourth-order valence-corrected chi connectivity index (χ4v) is 2.58. The van der Waals surface area contributed by atoms with Crippen LogP contribution in [0.2, 0.25) is 0 Å². The van der Waals surface area contributed by atoms with Gasteiger partial charge in [0, 0.05) is 17.8 Å². The minimum absolute atomic E-state index is 0.561. The van der Waals surface area contributed by atoms with Gasteiger partial charge in [-0.25, -0.2) is 0 Å². The van der Waals surface area contributed by atoms with Crippen LogP contribution in [-0.4, -0.2) is 19.2 Å². The lowest BCUT2D eigenvalue weighted by Crippen LogP contribution is -2.32. The maximum absolute atomic E-state index is 5.86. The summed E-state index contributed by atoms with van der Waals surface area (Å²) < 4.78 is 5.41. The van der Waals surface area contributed by atoms with Gasteiger partial charge >= 0.3 is 0 Å². The normalized spacial score (nSPS) is 24.8. The number of nitrogens with two attached hydrogens (primary N) is 1. The van der Waals surface area contributed by atoms with Crippen molar-refractivity contribution in [2.45, 2.75) is 38.8 Å². The van der Waals surface area contributed by atoms with E-state index in [1.807, 2.05) is 18.2 Å². The molecule has 0 saturated carbocycles. The molecule has 2 atom stereocenters. The lowest BCUT2D eigenvalue weighted by atomic mass is 10.2. The van der Waals surface area contributed by atoms with Crippen molar-refractivity contribution >= 4 is 11.4 Å². The highest BCUT2D eigenvalue weighted by atomic mass is 16.5. The van der Waals surface area contributed by atoms with Gasteiger partial charge in [-0.15, -0.1) is 0 Å². The Labute approximate surface area is 97.2 Å². The van der Waals surface area contributed by atoms with Crippen LogP contribution in [0.25, 0.3) is 0 Å². The van der Waals surface area contributed by atoms with Crippen molar-refractivity contribution < 1.29 is 4.74 Å². The quantitative estimate of drug-likeness (QED) is 0.779. The van der Waals surface area contributed by atoms with Crippen molar-refractivity contribution in [2.75, 3.05) is 17.7 Å². The van der Waals surface area contributed by atoms with Crippen molar-refractivity contribution in [1.29, 1.82) is 0 Å². The summed E-state index contributed by atoms with van der Waals surface area (Å²) in [5.74, 6) is 0.912. The van der Waals surface area contributed by atoms with Gasteiger partial charge < -0.3 is 15.4 Å². The highest BCUT2D eigenvalue weighted by Crippen LogP contribution is 2.37. The third-order valence-corrected chi connectivity index (χ3v) is 3.43. The molecule has 1 heterocycles. The van der Waals surface area contributed by atoms with E-state index in [2.05, 4.69) is 18.7 Å². The first-order valence-corrected chi connectivity index (χ1v) is 5.85. The molecule has 1 aliphatic rings. The number of methoxy groups -OCH3 is 1. The second kappa shape index (κ2) is 4.24. The van der Waals surface area contributed by atoms with Crippen LogP contribution in [0, 0.1) is 0 Å². The van der Waals surface area contributed by atoms with E-state index in [0.29, 0.717) is 12.1 Å². The molecule has 2 rings (SSSR count). The summed E-state index contributed by atoms with van der Waals surface area (Å²) in [6.07, 6.45) is 2.47. The molecule has 0 amide bonds. The van der Waals surface area contributed by atoms with Crippen molar-refractivity contribution in [3.8, 4) is 5.75 Å². The molecule has 1 saturated heterocycles. The Morgan fingerprint density at radius 2 is 1.88 bits per heavy atom. The monoisotopic (exact) mass is 220 g/mol. The molecule has 0 aromatic heterocycles. The molecule has 1 fully saturated rings. The molecule has 3 heteroatoms. The van der Waals surface area contributed by atoms with Gasteiger partial charge in [0.05, 0.1) is 12.8 Å². The van der Waals surface area contributed by atoms with Gasteiger partial charge in [0.1, 0.15) is 5.75 Å². The average molecular weight is 220 g/mol. The van der Waals surface area contributed by atoms with E-state index in [0.717, 1.165) is 17.1 Å². The number of rotatable bonds is 2. The van der Waals surface area contributed by atoms with Gasteiger partial charge in [-0.05, 0) is 44.9 Å². The number of nitrogen functional groups attached to an aromatic ring is 1. The minimum Gasteiger partial charge on any atom is -0.495 e. The number of anilines is 2. The lowest BCUT2D eigenvalue weighted by molar-refractivity contribution is 0.413. The first kappa shape index (κ1) is 11.1. The Morgan fingerprint density at radius 1 is 1.25 bits per heavy atom. The molecule has 0 spiro atoms. The highest BCUT2D eigenvalue weighted by molar-refractivity contribution is 5.66. The molecule has 16 heavy (non-hydrogen) atoms. The van der Waals surface area contributed by atoms with Crippen LogP contribution >= 0.6 is 0 Å². The fraction of sp³-hybridized carbons (Fsp3) is 0.538. The van der Waals surface area contributed by atoms with Crippen LogP contribution < -0.4 is 15.4 Å². The summed E-state index contributed by atoms with van der Waals surface area (Å²) in [5, 5.41) is 0. The Morgan fingerprint density at radius 3 is 2.44 bits per heavy atom. The highest BCUT2D eigenvalue weighted by Gasteiger charge is 2.29. The molecular weight excluding hydrogens is 200 g/mol. The van der Waals surface area contributed by atoms with Crippen molar-refractivity contribution in [3.05, 3.63) is 18.2 Å². The number of nitrogens with zero attached hydrogens (tertiary/aromatic N) is 1. The summed E-state index contributed by atoms with van der Waals surface area (Å²) in [6.45, 7) is 4.51. The minimum atomic E-state index is 0.561. The zero-order chi connectivity index (χ0) is 11.7. The fourth-order valence-electron chi connectivity index (χ4n) is 2.58. The van der Waals surface area contributed by atoms with E-state index in [-0.39, 0.29) is 0 Å². The number of benzene rings is 1. The number of hydrogen-bond acceptors (Lipinski definition) is 3. The smallest absolute Gasteiger partial charge is 0.142 e. The van der Waals surface area contributed by atoms with Gasteiger partial charge in [0.15, 0.2) is 0 Å². The van der Waals surface area contributed by atoms with Gasteiger partial charge in [0.25, 0.3) is 0 Å². The molecule has 1 aliphatic heterocycles. The first-order valence-electron chi connectivity index (χ1n) is 5.85. The summed E-state index contributed by atoms with van der Waals surface area (Å²) >= 11 is 0. The van der Waals surface area contributed by atoms with Crippen molar-refractivity contribution in [2.24, 2.45) is 0 Å². The molecular formula is C13H20N2O. The summed E-state index contributed by atoms with van der Waals surface area (Å²) in [7, 11) is 1.71. The third kappa shape index (κ3) is 1.82. The molecule has 2 N–H and O–H groups in total. The van der Waals surface area contributed by atoms with Gasteiger partial charge in [-0.2, -0.15) is 0 Å². The standard InChI is InChI=1S/C13H20N2O/c1-9-4-5-10(2)15(9)12-8-11(14)6-7-13(12)16-3/h6-10H,4-5,14H2,1-3H3/t9-,10-/m0/s1. The maximum atomic E-state index is 5.86. The Hall–Kier alpha value is -1.38. The Kier molecular flexibility index (Phi) is 2.95. The third-order valence-electron chi connectivity index (χ3n) is 3.43. The molecule has 0 bridgehead atoms. The predicted octanol–water partition coefficient (Wildman–Crippen LogP) is 2.65. The molecule has 0 unspecified atom stereocenters. The molecule has 1 aromatic carbocycles. The second-order valence-electron chi connectivity index (χ2n) is 4.61. The van der Waals surface area contributed by atoms with E-state index in [9.17, 15) is 0 Å². The van der Waals surface area contributed by atoms with Crippen LogP contribution in [0.3, 0.4) is 0 Å². The second-order valence-corrected chi connectivity index (χ2v) is 4.61. The predicted molar refractivity (Wildman–Crippen MR) is 68.0 cm³/mol. The topological polar surface area (TPSA) is 38.5 Å². The van der Waals surface area contributed by atoms with Crippen molar-refractivity contribution in [3.63, 3.8) is 0 Å². The van der Waals surface area contributed by atoms with Crippen LogP contribution in [0.15, 0.2) is 18.2 Å². The summed E-state index contributed by atoms with van der Waals surface area (Å²) in [6, 6.07) is 6.96. The Balaban J connectivity index is 2.41. The average Bonchev–Trinajstić information content (AvgIpc) is 2.58. The van der Waals surface area contributed by atoms with Gasteiger partial charge in [-0.1, -0.05) is 0 Å². The zero-order valence-corrected chi connectivity index (χ0v) is 10.2. The van der Waals surface area contributed by atoms with E-state index < -0.39 is 0 Å². The molecule has 3 nitrogen and oxygen atoms in total. The van der Waals surface area contributed by atoms with Gasteiger partial charge in [-0.3, -0.25) is 0 Å². The van der Waals surface area contributed by atoms with Crippen molar-refractivity contribution in [1.82, 2.24) is 0 Å². The van der Waals surface area contributed by atoms with Crippen LogP contribution in [0.4, 0.5) is 11.4 Å². The van der Waals surface area contributed by atoms with E-state index >= 15 is 0 Å². The van der Waals surface area contributed by atoms with Crippen LogP contribution in [-0.2, 0) is 0 Å². The molecule has 1 aromatic rings. The van der Waals surface area contributed by atoms with Crippen LogP contribution in [0.5, 0.6) is 5.75 Å². The molecule has 0 radical (unpaired) electrons. The summed E-state index contributed by atoms with van der Waals surface area (Å²) in [4.78, 5) is 2.41. The van der Waals surface area contributed by atoms with Crippen LogP contribution in [0.1, 0.15) is 26.7 Å². The lowest BCUT2D eigenvalue weighted by Gasteiger charge is -2.30. The molecule has 0 aliphatic carbocycles. The van der Waals surface area contributed by atoms with Gasteiger partial charge in [0.2, 0.25) is 0 Å². The SMILES string of the molecule is COc1ccc(N)cc1N1[C@@H](C)CC[C@@H]1C. The first-order chi connectivity index (χ1) is 7.63. The number of ether oxygens (including phenoxy) is 1. The zero-order valence-electron chi connectivity index (χ0n) is 10.2. The summed E-state index contributed by atoms with van der Waals surface area (Å²) in [5.41, 5.74) is 7.78. The van der Waals surface area contributed by atoms with E-state index in [1.165, 1.54) is 12.8 Å². The van der Waals surface area contributed by atoms with E-state index in [1.54, 1.807) is 7.11 Å². The molecule has 88 valence electrons. The maximum Gasteiger partial charge on any atom is 0.142 e. The van der Waals surface area contributed by atoms with E-state index in [4.69, 9.17) is 10.5 Å². The Bertz CT molecular complexity index is 368.